The zero-order chi connectivity index (χ0) is 16.4. The van der Waals surface area contributed by atoms with Crippen LogP contribution in [0, 0.1) is 13.8 Å². The number of pyridine rings is 1. The van der Waals surface area contributed by atoms with Crippen molar-refractivity contribution in [1.29, 1.82) is 0 Å². The molecule has 6 nitrogen and oxygen atoms in total. The molecule has 0 spiro atoms. The predicted molar refractivity (Wildman–Crippen MR) is 87.8 cm³/mol. The van der Waals surface area contributed by atoms with Crippen LogP contribution in [0.4, 0.5) is 0 Å². The molecule has 2 heterocycles. The molecule has 0 unspecified atom stereocenters. The van der Waals surface area contributed by atoms with E-state index >= 15 is 0 Å². The van der Waals surface area contributed by atoms with Gasteiger partial charge in [0.15, 0.2) is 0 Å². The number of hydrogen-bond acceptors (Lipinski definition) is 4. The van der Waals surface area contributed by atoms with Gasteiger partial charge < -0.3 is 5.11 Å². The molecule has 0 aliphatic rings. The van der Waals surface area contributed by atoms with Crippen molar-refractivity contribution in [2.24, 2.45) is 5.10 Å². The number of nitrogens with zero attached hydrogens (tertiary/aromatic N) is 3. The average Bonchev–Trinajstić information content (AvgIpc) is 2.84. The van der Waals surface area contributed by atoms with Crippen LogP contribution in [0.25, 0.3) is 5.65 Å². The van der Waals surface area contributed by atoms with Gasteiger partial charge in [0.05, 0.1) is 11.9 Å². The molecule has 23 heavy (non-hydrogen) atoms. The highest BCUT2D eigenvalue weighted by Crippen LogP contribution is 2.13. The lowest BCUT2D eigenvalue weighted by atomic mass is 10.2. The zero-order valence-electron chi connectivity index (χ0n) is 12.8. The van der Waals surface area contributed by atoms with Gasteiger partial charge >= 0.3 is 0 Å². The van der Waals surface area contributed by atoms with Gasteiger partial charge in [0.2, 0.25) is 0 Å². The molecular formula is C17H16N4O2. The van der Waals surface area contributed by atoms with Gasteiger partial charge in [-0.2, -0.15) is 5.10 Å². The number of aromatic hydroxyl groups is 1. The molecule has 0 saturated heterocycles. The minimum absolute atomic E-state index is 0.183. The normalized spacial score (nSPS) is 11.2. The van der Waals surface area contributed by atoms with Gasteiger partial charge in [0.1, 0.15) is 17.1 Å². The van der Waals surface area contributed by atoms with Crippen molar-refractivity contribution < 1.29 is 9.90 Å². The average molecular weight is 308 g/mol. The highest BCUT2D eigenvalue weighted by Gasteiger charge is 2.15. The lowest BCUT2D eigenvalue weighted by molar-refractivity contribution is 0.0948. The summed E-state index contributed by atoms with van der Waals surface area (Å²) in [6.07, 6.45) is 3.38. The van der Waals surface area contributed by atoms with Crippen molar-refractivity contribution in [2.75, 3.05) is 0 Å². The summed E-state index contributed by atoms with van der Waals surface area (Å²) >= 11 is 0. The zero-order valence-corrected chi connectivity index (χ0v) is 12.8. The Bertz CT molecular complexity index is 895. The highest BCUT2D eigenvalue weighted by atomic mass is 16.3. The fourth-order valence-electron chi connectivity index (χ4n) is 2.32. The SMILES string of the molecule is Cc1ccc2nc(C)c(C(=O)N/N=C\c3ccc(O)cc3)n2c1. The Morgan fingerprint density at radius 3 is 2.70 bits per heavy atom. The summed E-state index contributed by atoms with van der Waals surface area (Å²) in [5.41, 5.74) is 6.15. The number of benzene rings is 1. The number of nitrogens with one attached hydrogen (secondary N) is 1. The van der Waals surface area contributed by atoms with E-state index in [-0.39, 0.29) is 11.7 Å². The molecule has 2 aromatic heterocycles. The van der Waals surface area contributed by atoms with Crippen molar-refractivity contribution in [3.8, 4) is 5.75 Å². The number of phenolic OH excluding ortho intramolecular Hbond substituents is 1. The molecule has 0 fully saturated rings. The van der Waals surface area contributed by atoms with E-state index in [0.29, 0.717) is 11.4 Å². The monoisotopic (exact) mass is 308 g/mol. The third kappa shape index (κ3) is 3.06. The Balaban J connectivity index is 1.82. The number of hydrogen-bond donors (Lipinski definition) is 2. The molecule has 0 saturated carbocycles. The van der Waals surface area contributed by atoms with Crippen LogP contribution in [0.5, 0.6) is 5.75 Å². The van der Waals surface area contributed by atoms with Gasteiger partial charge in [0.25, 0.3) is 5.91 Å². The van der Waals surface area contributed by atoms with Gasteiger partial charge in [-0.15, -0.1) is 0 Å². The first-order chi connectivity index (χ1) is 11.0. The third-order valence-electron chi connectivity index (χ3n) is 3.43. The van der Waals surface area contributed by atoms with E-state index in [1.54, 1.807) is 35.6 Å². The maximum atomic E-state index is 12.4. The summed E-state index contributed by atoms with van der Waals surface area (Å²) in [5.74, 6) is -0.140. The van der Waals surface area contributed by atoms with Crippen molar-refractivity contribution >= 4 is 17.8 Å². The summed E-state index contributed by atoms with van der Waals surface area (Å²) < 4.78 is 1.76. The second kappa shape index (κ2) is 5.92. The molecular weight excluding hydrogens is 292 g/mol. The van der Waals surface area contributed by atoms with Gasteiger partial charge in [-0.05, 0) is 55.3 Å². The molecule has 2 N–H and O–H groups in total. The number of phenols is 1. The summed E-state index contributed by atoms with van der Waals surface area (Å²) in [6, 6.07) is 10.3. The Morgan fingerprint density at radius 1 is 1.22 bits per heavy atom. The quantitative estimate of drug-likeness (QED) is 0.576. The fourth-order valence-corrected chi connectivity index (χ4v) is 2.32. The van der Waals surface area contributed by atoms with Gasteiger partial charge in [-0.3, -0.25) is 9.20 Å². The summed E-state index contributed by atoms with van der Waals surface area (Å²) in [6.45, 7) is 3.75. The standard InChI is InChI=1S/C17H16N4O2/c1-11-3-8-15-19-12(2)16(21(15)10-11)17(23)20-18-9-13-4-6-14(22)7-5-13/h3-10,22H,1-2H3,(H,20,23)/b18-9-. The maximum absolute atomic E-state index is 12.4. The fraction of sp³-hybridized carbons (Fsp3) is 0.118. The Morgan fingerprint density at radius 2 is 1.96 bits per heavy atom. The first-order valence-corrected chi connectivity index (χ1v) is 7.12. The molecule has 0 aliphatic carbocycles. The second-order valence-corrected chi connectivity index (χ2v) is 5.27. The van der Waals surface area contributed by atoms with E-state index in [1.165, 1.54) is 6.21 Å². The van der Waals surface area contributed by atoms with Crippen LogP contribution in [-0.4, -0.2) is 26.6 Å². The molecule has 6 heteroatoms. The molecule has 0 radical (unpaired) electrons. The van der Waals surface area contributed by atoms with Crippen LogP contribution in [0.15, 0.2) is 47.7 Å². The third-order valence-corrected chi connectivity index (χ3v) is 3.43. The molecule has 0 atom stereocenters. The van der Waals surface area contributed by atoms with Gasteiger partial charge in [-0.25, -0.2) is 10.4 Å². The number of carbonyl (C=O) groups excluding carboxylic acids is 1. The number of fused-ring (bicyclic) bond motifs is 1. The van der Waals surface area contributed by atoms with E-state index < -0.39 is 0 Å². The number of hydrazone groups is 1. The van der Waals surface area contributed by atoms with Crippen molar-refractivity contribution in [1.82, 2.24) is 14.8 Å². The topological polar surface area (TPSA) is 79.0 Å². The Hall–Kier alpha value is -3.15. The number of rotatable bonds is 3. The molecule has 1 amide bonds. The van der Waals surface area contributed by atoms with E-state index in [9.17, 15) is 9.90 Å². The number of carbonyl (C=O) groups is 1. The molecule has 0 bridgehead atoms. The van der Waals surface area contributed by atoms with Crippen LogP contribution < -0.4 is 5.43 Å². The smallest absolute Gasteiger partial charge is 0.290 e. The van der Waals surface area contributed by atoms with Crippen molar-refractivity contribution in [3.05, 3.63) is 65.1 Å². The summed E-state index contributed by atoms with van der Waals surface area (Å²) in [4.78, 5) is 16.7. The molecule has 3 rings (SSSR count). The minimum atomic E-state index is -0.323. The summed E-state index contributed by atoms with van der Waals surface area (Å²) in [5, 5.41) is 13.2. The van der Waals surface area contributed by atoms with E-state index in [1.807, 2.05) is 25.3 Å². The molecule has 1 aromatic carbocycles. The Labute approximate surface area is 133 Å². The van der Waals surface area contributed by atoms with Crippen LogP contribution in [-0.2, 0) is 0 Å². The highest BCUT2D eigenvalue weighted by molar-refractivity contribution is 5.95. The minimum Gasteiger partial charge on any atom is -0.508 e. The lowest BCUT2D eigenvalue weighted by Gasteiger charge is -2.02. The van der Waals surface area contributed by atoms with Crippen LogP contribution >= 0.6 is 0 Å². The van der Waals surface area contributed by atoms with E-state index in [2.05, 4.69) is 15.5 Å². The maximum Gasteiger partial charge on any atom is 0.290 e. The van der Waals surface area contributed by atoms with Crippen molar-refractivity contribution in [3.63, 3.8) is 0 Å². The van der Waals surface area contributed by atoms with Gasteiger partial charge in [0, 0.05) is 6.20 Å². The first kappa shape index (κ1) is 14.8. The van der Waals surface area contributed by atoms with Gasteiger partial charge in [-0.1, -0.05) is 6.07 Å². The first-order valence-electron chi connectivity index (χ1n) is 7.12. The molecule has 0 aliphatic heterocycles. The number of amides is 1. The second-order valence-electron chi connectivity index (χ2n) is 5.27. The lowest BCUT2D eigenvalue weighted by Crippen LogP contribution is -2.20. The molecule has 3 aromatic rings. The van der Waals surface area contributed by atoms with Crippen LogP contribution in [0.1, 0.15) is 27.3 Å². The Kier molecular flexibility index (Phi) is 3.80. The van der Waals surface area contributed by atoms with E-state index in [4.69, 9.17) is 0 Å². The molecule has 116 valence electrons. The number of imidazole rings is 1. The van der Waals surface area contributed by atoms with E-state index in [0.717, 1.165) is 16.8 Å². The number of aromatic nitrogens is 2. The number of aryl methyl sites for hydroxylation is 2. The predicted octanol–water partition coefficient (Wildman–Crippen LogP) is 2.42. The van der Waals surface area contributed by atoms with Crippen LogP contribution in [0.2, 0.25) is 0 Å². The largest absolute Gasteiger partial charge is 0.508 e. The van der Waals surface area contributed by atoms with Crippen molar-refractivity contribution in [2.45, 2.75) is 13.8 Å². The summed E-state index contributed by atoms with van der Waals surface area (Å²) in [7, 11) is 0. The van der Waals surface area contributed by atoms with Crippen LogP contribution in [0.3, 0.4) is 0 Å².